The Labute approximate surface area is 133 Å². The van der Waals surface area contributed by atoms with Gasteiger partial charge in [-0.1, -0.05) is 13.8 Å². The second kappa shape index (κ2) is 6.63. The van der Waals surface area contributed by atoms with Crippen molar-refractivity contribution in [3.63, 3.8) is 0 Å². The molecule has 108 valence electrons. The van der Waals surface area contributed by atoms with Gasteiger partial charge < -0.3 is 15.2 Å². The van der Waals surface area contributed by atoms with E-state index in [4.69, 9.17) is 0 Å². The summed E-state index contributed by atoms with van der Waals surface area (Å²) in [5.41, 5.74) is 1.79. The molecule has 0 radical (unpaired) electrons. The molecule has 1 aromatic heterocycles. The van der Waals surface area contributed by atoms with Gasteiger partial charge in [0.25, 0.3) is 0 Å². The van der Waals surface area contributed by atoms with Crippen LogP contribution >= 0.6 is 24.0 Å². The summed E-state index contributed by atoms with van der Waals surface area (Å²) in [6, 6.07) is 2.12. The lowest BCUT2D eigenvalue weighted by atomic mass is 10.1. The molecular formula is C14H25IN4. The van der Waals surface area contributed by atoms with E-state index in [1.54, 1.807) is 0 Å². The summed E-state index contributed by atoms with van der Waals surface area (Å²) in [6.45, 7) is 6.47. The van der Waals surface area contributed by atoms with Crippen LogP contribution in [0, 0.1) is 11.3 Å². The number of aryl methyl sites for hydroxylation is 1. The number of aliphatic imine (C=N–C) groups is 1. The van der Waals surface area contributed by atoms with Crippen LogP contribution < -0.4 is 10.6 Å². The van der Waals surface area contributed by atoms with Crippen molar-refractivity contribution in [2.75, 3.05) is 13.6 Å². The van der Waals surface area contributed by atoms with Gasteiger partial charge in [-0.2, -0.15) is 0 Å². The normalized spacial score (nSPS) is 20.6. The van der Waals surface area contributed by atoms with E-state index in [0.717, 1.165) is 25.0 Å². The fourth-order valence-electron chi connectivity index (χ4n) is 2.22. The second-order valence-electron chi connectivity index (χ2n) is 5.88. The van der Waals surface area contributed by atoms with Crippen LogP contribution in [-0.2, 0) is 13.6 Å². The molecule has 1 aromatic rings. The SMILES string of the molecule is CN=C(NCc1ccn(C)c1)NCC1CC1(C)C.I. The standard InChI is InChI=1S/C14H24N4.HI/c1-14(2)7-12(14)9-17-13(15-3)16-8-11-5-6-18(4)10-11;/h5-6,10,12H,7-9H2,1-4H3,(H2,15,16,17);1H. The molecule has 1 heterocycles. The highest BCUT2D eigenvalue weighted by Gasteiger charge is 2.45. The molecule has 5 heteroatoms. The van der Waals surface area contributed by atoms with Crippen LogP contribution in [0.1, 0.15) is 25.8 Å². The van der Waals surface area contributed by atoms with Gasteiger partial charge in [0.2, 0.25) is 0 Å². The minimum Gasteiger partial charge on any atom is -0.357 e. The quantitative estimate of drug-likeness (QED) is 0.481. The zero-order chi connectivity index (χ0) is 13.2. The van der Waals surface area contributed by atoms with Gasteiger partial charge in [-0.25, -0.2) is 0 Å². The fraction of sp³-hybridized carbons (Fsp3) is 0.643. The average molecular weight is 376 g/mol. The molecule has 1 fully saturated rings. The van der Waals surface area contributed by atoms with Crippen molar-refractivity contribution in [2.24, 2.45) is 23.4 Å². The van der Waals surface area contributed by atoms with Gasteiger partial charge in [0.15, 0.2) is 5.96 Å². The molecule has 2 rings (SSSR count). The lowest BCUT2D eigenvalue weighted by Gasteiger charge is -2.12. The monoisotopic (exact) mass is 376 g/mol. The third-order valence-electron chi connectivity index (χ3n) is 3.81. The van der Waals surface area contributed by atoms with E-state index >= 15 is 0 Å². The molecule has 1 atom stereocenters. The lowest BCUT2D eigenvalue weighted by Crippen LogP contribution is -2.38. The number of nitrogens with one attached hydrogen (secondary N) is 2. The van der Waals surface area contributed by atoms with Crippen LogP contribution in [0.3, 0.4) is 0 Å². The smallest absolute Gasteiger partial charge is 0.191 e. The fourth-order valence-corrected chi connectivity index (χ4v) is 2.22. The number of rotatable bonds is 4. The number of nitrogens with zero attached hydrogens (tertiary/aromatic N) is 2. The van der Waals surface area contributed by atoms with E-state index in [-0.39, 0.29) is 24.0 Å². The number of halogens is 1. The Morgan fingerprint density at radius 3 is 2.63 bits per heavy atom. The molecular weight excluding hydrogens is 351 g/mol. The van der Waals surface area contributed by atoms with E-state index in [1.165, 1.54) is 12.0 Å². The maximum atomic E-state index is 4.25. The van der Waals surface area contributed by atoms with Crippen molar-refractivity contribution in [3.05, 3.63) is 24.0 Å². The first-order chi connectivity index (χ1) is 8.51. The van der Waals surface area contributed by atoms with Crippen LogP contribution in [0.25, 0.3) is 0 Å². The third kappa shape index (κ3) is 4.71. The van der Waals surface area contributed by atoms with Crippen LogP contribution in [0.2, 0.25) is 0 Å². The Balaban J connectivity index is 0.00000180. The highest BCUT2D eigenvalue weighted by Crippen LogP contribution is 2.50. The summed E-state index contributed by atoms with van der Waals surface area (Å²) < 4.78 is 2.06. The lowest BCUT2D eigenvalue weighted by molar-refractivity contribution is 0.548. The summed E-state index contributed by atoms with van der Waals surface area (Å²) in [6.07, 6.45) is 5.49. The van der Waals surface area contributed by atoms with Crippen LogP contribution in [-0.4, -0.2) is 24.1 Å². The topological polar surface area (TPSA) is 41.4 Å². The molecule has 0 aromatic carbocycles. The zero-order valence-electron chi connectivity index (χ0n) is 12.2. The molecule has 19 heavy (non-hydrogen) atoms. The maximum Gasteiger partial charge on any atom is 0.191 e. The second-order valence-corrected chi connectivity index (χ2v) is 5.88. The van der Waals surface area contributed by atoms with Crippen molar-refractivity contribution in [1.82, 2.24) is 15.2 Å². The zero-order valence-corrected chi connectivity index (χ0v) is 14.6. The van der Waals surface area contributed by atoms with E-state index < -0.39 is 0 Å². The van der Waals surface area contributed by atoms with Crippen LogP contribution in [0.5, 0.6) is 0 Å². The Bertz CT molecular complexity index is 436. The van der Waals surface area contributed by atoms with Gasteiger partial charge in [0.1, 0.15) is 0 Å². The minimum absolute atomic E-state index is 0. The summed E-state index contributed by atoms with van der Waals surface area (Å²) in [7, 11) is 3.85. The summed E-state index contributed by atoms with van der Waals surface area (Å²) in [4.78, 5) is 4.25. The average Bonchev–Trinajstić information content (AvgIpc) is 2.72. The molecule has 4 nitrogen and oxygen atoms in total. The maximum absolute atomic E-state index is 4.25. The van der Waals surface area contributed by atoms with Gasteiger partial charge in [-0.05, 0) is 29.4 Å². The summed E-state index contributed by atoms with van der Waals surface area (Å²) >= 11 is 0. The first-order valence-electron chi connectivity index (χ1n) is 6.56. The Kier molecular flexibility index (Phi) is 5.70. The number of hydrogen-bond donors (Lipinski definition) is 2. The van der Waals surface area contributed by atoms with Gasteiger partial charge in [-0.15, -0.1) is 24.0 Å². The van der Waals surface area contributed by atoms with E-state index in [9.17, 15) is 0 Å². The van der Waals surface area contributed by atoms with Crippen molar-refractivity contribution in [2.45, 2.75) is 26.8 Å². The van der Waals surface area contributed by atoms with Crippen LogP contribution in [0.15, 0.2) is 23.5 Å². The Morgan fingerprint density at radius 1 is 1.47 bits per heavy atom. The number of hydrogen-bond acceptors (Lipinski definition) is 1. The largest absolute Gasteiger partial charge is 0.357 e. The molecule has 1 aliphatic rings. The third-order valence-corrected chi connectivity index (χ3v) is 3.81. The molecule has 0 amide bonds. The summed E-state index contributed by atoms with van der Waals surface area (Å²) in [5, 5.41) is 6.73. The molecule has 0 spiro atoms. The van der Waals surface area contributed by atoms with Crippen molar-refractivity contribution in [3.8, 4) is 0 Å². The molecule has 1 saturated carbocycles. The summed E-state index contributed by atoms with van der Waals surface area (Å²) in [5.74, 6) is 1.68. The predicted octanol–water partition coefficient (Wildman–Crippen LogP) is 2.35. The van der Waals surface area contributed by atoms with Gasteiger partial charge in [0, 0.05) is 39.6 Å². The predicted molar refractivity (Wildman–Crippen MR) is 90.9 cm³/mol. The first kappa shape index (κ1) is 16.3. The van der Waals surface area contributed by atoms with E-state index in [1.807, 2.05) is 14.1 Å². The van der Waals surface area contributed by atoms with Gasteiger partial charge in [0.05, 0.1) is 0 Å². The molecule has 1 unspecified atom stereocenters. The molecule has 1 aliphatic carbocycles. The van der Waals surface area contributed by atoms with E-state index in [2.05, 4.69) is 52.5 Å². The van der Waals surface area contributed by atoms with Gasteiger partial charge in [-0.3, -0.25) is 4.99 Å². The van der Waals surface area contributed by atoms with E-state index in [0.29, 0.717) is 5.41 Å². The molecule has 0 bridgehead atoms. The van der Waals surface area contributed by atoms with Crippen molar-refractivity contribution < 1.29 is 0 Å². The van der Waals surface area contributed by atoms with Crippen molar-refractivity contribution >= 4 is 29.9 Å². The molecule has 0 saturated heterocycles. The van der Waals surface area contributed by atoms with Crippen molar-refractivity contribution in [1.29, 1.82) is 0 Å². The molecule has 0 aliphatic heterocycles. The first-order valence-corrected chi connectivity index (χ1v) is 6.56. The van der Waals surface area contributed by atoms with Gasteiger partial charge >= 0.3 is 0 Å². The highest BCUT2D eigenvalue weighted by molar-refractivity contribution is 14.0. The molecule has 2 N–H and O–H groups in total. The minimum atomic E-state index is 0. The highest BCUT2D eigenvalue weighted by atomic mass is 127. The Morgan fingerprint density at radius 2 is 2.16 bits per heavy atom. The number of aromatic nitrogens is 1. The number of guanidine groups is 1. The Hall–Kier alpha value is -0.720. The van der Waals surface area contributed by atoms with Crippen LogP contribution in [0.4, 0.5) is 0 Å².